The largest absolute Gasteiger partial charge is 0.481 e. The van der Waals surface area contributed by atoms with Crippen LogP contribution in [0.2, 0.25) is 0 Å². The van der Waals surface area contributed by atoms with E-state index in [0.717, 1.165) is 5.56 Å². The normalized spacial score (nSPS) is 14.5. The lowest BCUT2D eigenvalue weighted by molar-refractivity contribution is -0.139. The maximum atomic E-state index is 10.4. The predicted molar refractivity (Wildman–Crippen MR) is 56.4 cm³/mol. The molecule has 4 nitrogen and oxygen atoms in total. The van der Waals surface area contributed by atoms with Crippen LogP contribution in [-0.4, -0.2) is 28.3 Å². The third kappa shape index (κ3) is 4.10. The molecule has 0 radical (unpaired) electrons. The molecule has 15 heavy (non-hydrogen) atoms. The molecular formula is C11H15NO3. The Hall–Kier alpha value is -1.39. The number of nitrogens with two attached hydrogens (primary N) is 1. The summed E-state index contributed by atoms with van der Waals surface area (Å²) in [6.07, 6.45) is -0.828. The maximum absolute atomic E-state index is 10.4. The quantitative estimate of drug-likeness (QED) is 0.655. The maximum Gasteiger partial charge on any atom is 0.306 e. The number of aliphatic hydroxyl groups excluding tert-OH is 1. The molecule has 0 spiro atoms. The zero-order valence-electron chi connectivity index (χ0n) is 8.34. The van der Waals surface area contributed by atoms with E-state index >= 15 is 0 Å². The van der Waals surface area contributed by atoms with Crippen LogP contribution in [-0.2, 0) is 11.2 Å². The monoisotopic (exact) mass is 209 g/mol. The lowest BCUT2D eigenvalue weighted by Gasteiger charge is -2.16. The molecule has 0 aliphatic carbocycles. The fourth-order valence-corrected chi connectivity index (χ4v) is 1.35. The highest BCUT2D eigenvalue weighted by molar-refractivity contribution is 5.67. The fourth-order valence-electron chi connectivity index (χ4n) is 1.35. The van der Waals surface area contributed by atoms with Crippen molar-refractivity contribution in [3.63, 3.8) is 0 Å². The van der Waals surface area contributed by atoms with E-state index in [-0.39, 0.29) is 6.42 Å². The Balaban J connectivity index is 2.48. The second-order valence-corrected chi connectivity index (χ2v) is 3.52. The van der Waals surface area contributed by atoms with Gasteiger partial charge in [-0.15, -0.1) is 0 Å². The highest BCUT2D eigenvalue weighted by Gasteiger charge is 2.18. The number of rotatable bonds is 5. The van der Waals surface area contributed by atoms with Gasteiger partial charge >= 0.3 is 5.97 Å². The van der Waals surface area contributed by atoms with Gasteiger partial charge in [-0.3, -0.25) is 4.79 Å². The molecule has 0 heterocycles. The zero-order valence-corrected chi connectivity index (χ0v) is 8.34. The fraction of sp³-hybridized carbons (Fsp3) is 0.364. The Morgan fingerprint density at radius 1 is 1.33 bits per heavy atom. The van der Waals surface area contributed by atoms with Crippen LogP contribution < -0.4 is 5.73 Å². The van der Waals surface area contributed by atoms with E-state index in [2.05, 4.69) is 0 Å². The first-order valence-corrected chi connectivity index (χ1v) is 4.79. The minimum Gasteiger partial charge on any atom is -0.481 e. The minimum atomic E-state index is -1.04. The molecular weight excluding hydrogens is 194 g/mol. The molecule has 0 aliphatic heterocycles. The molecule has 0 amide bonds. The topological polar surface area (TPSA) is 83.5 Å². The number of carboxylic acids is 1. The van der Waals surface area contributed by atoms with Gasteiger partial charge in [0.1, 0.15) is 0 Å². The summed E-state index contributed by atoms with van der Waals surface area (Å²) >= 11 is 0. The van der Waals surface area contributed by atoms with Gasteiger partial charge in [-0.05, 0) is 12.0 Å². The third-order valence-corrected chi connectivity index (χ3v) is 2.19. The number of hydrogen-bond acceptors (Lipinski definition) is 3. The van der Waals surface area contributed by atoms with Crippen molar-refractivity contribution in [2.45, 2.75) is 25.0 Å². The number of carbonyl (C=O) groups is 1. The molecule has 0 bridgehead atoms. The summed E-state index contributed by atoms with van der Waals surface area (Å²) in [5.41, 5.74) is 6.68. The number of aliphatic carboxylic acids is 1. The first-order valence-electron chi connectivity index (χ1n) is 4.79. The molecule has 0 fully saturated rings. The number of carboxylic acid groups (broad SMARTS) is 1. The first kappa shape index (κ1) is 11.7. The molecule has 0 saturated heterocycles. The Bertz CT molecular complexity index is 313. The molecule has 4 heteroatoms. The van der Waals surface area contributed by atoms with E-state index in [0.29, 0.717) is 6.42 Å². The van der Waals surface area contributed by atoms with Gasteiger partial charge in [0.25, 0.3) is 0 Å². The minimum absolute atomic E-state index is 0.312. The van der Waals surface area contributed by atoms with Crippen molar-refractivity contribution in [2.24, 2.45) is 5.73 Å². The van der Waals surface area contributed by atoms with Gasteiger partial charge in [0, 0.05) is 6.04 Å². The molecule has 1 aromatic rings. The smallest absolute Gasteiger partial charge is 0.306 e. The lowest BCUT2D eigenvalue weighted by atomic mass is 10.0. The van der Waals surface area contributed by atoms with Crippen molar-refractivity contribution < 1.29 is 15.0 Å². The Labute approximate surface area is 88.3 Å². The summed E-state index contributed by atoms with van der Waals surface area (Å²) in [6.45, 7) is 0. The van der Waals surface area contributed by atoms with Gasteiger partial charge in [-0.25, -0.2) is 0 Å². The summed E-state index contributed by atoms with van der Waals surface area (Å²) in [6, 6.07) is 8.91. The standard InChI is InChI=1S/C11H15NO3/c12-9(10(13)7-11(14)15)6-8-4-2-1-3-5-8/h1-5,9-10,13H,6-7,12H2,(H,14,15)/t9-,10-/m0/s1. The molecule has 0 aromatic heterocycles. The van der Waals surface area contributed by atoms with Crippen molar-refractivity contribution in [1.82, 2.24) is 0 Å². The summed E-state index contributed by atoms with van der Waals surface area (Å²) < 4.78 is 0. The average molecular weight is 209 g/mol. The van der Waals surface area contributed by atoms with Crippen LogP contribution >= 0.6 is 0 Å². The zero-order chi connectivity index (χ0) is 11.3. The molecule has 0 unspecified atom stereocenters. The average Bonchev–Trinajstić information content (AvgIpc) is 2.18. The Morgan fingerprint density at radius 3 is 2.47 bits per heavy atom. The summed E-state index contributed by atoms with van der Waals surface area (Å²) in [5, 5.41) is 17.9. The van der Waals surface area contributed by atoms with Gasteiger partial charge in [0.2, 0.25) is 0 Å². The number of hydrogen-bond donors (Lipinski definition) is 3. The van der Waals surface area contributed by atoms with Crippen molar-refractivity contribution in [3.8, 4) is 0 Å². The SMILES string of the molecule is N[C@@H](Cc1ccccc1)[C@@H](O)CC(=O)O. The Kier molecular flexibility index (Phi) is 4.27. The summed E-state index contributed by atoms with van der Waals surface area (Å²) in [4.78, 5) is 10.4. The predicted octanol–water partition coefficient (Wildman–Crippen LogP) is 0.392. The highest BCUT2D eigenvalue weighted by atomic mass is 16.4. The van der Waals surface area contributed by atoms with Crippen molar-refractivity contribution >= 4 is 5.97 Å². The van der Waals surface area contributed by atoms with Crippen molar-refractivity contribution in [3.05, 3.63) is 35.9 Å². The number of aliphatic hydroxyl groups is 1. The molecule has 4 N–H and O–H groups in total. The van der Waals surface area contributed by atoms with Crippen LogP contribution in [0.4, 0.5) is 0 Å². The van der Waals surface area contributed by atoms with E-state index in [4.69, 9.17) is 10.8 Å². The van der Waals surface area contributed by atoms with E-state index in [1.807, 2.05) is 30.3 Å². The van der Waals surface area contributed by atoms with Gasteiger partial charge in [0.15, 0.2) is 0 Å². The van der Waals surface area contributed by atoms with Crippen LogP contribution in [0.5, 0.6) is 0 Å². The van der Waals surface area contributed by atoms with Crippen LogP contribution in [0.3, 0.4) is 0 Å². The van der Waals surface area contributed by atoms with Gasteiger partial charge in [0.05, 0.1) is 12.5 Å². The highest BCUT2D eigenvalue weighted by Crippen LogP contribution is 2.06. The third-order valence-electron chi connectivity index (χ3n) is 2.19. The van der Waals surface area contributed by atoms with Crippen LogP contribution in [0.25, 0.3) is 0 Å². The van der Waals surface area contributed by atoms with Gasteiger partial charge in [-0.2, -0.15) is 0 Å². The van der Waals surface area contributed by atoms with E-state index in [1.54, 1.807) is 0 Å². The number of benzene rings is 1. The second kappa shape index (κ2) is 5.48. The molecule has 2 atom stereocenters. The molecule has 82 valence electrons. The molecule has 1 rings (SSSR count). The summed E-state index contributed by atoms with van der Waals surface area (Å²) in [7, 11) is 0. The van der Waals surface area contributed by atoms with Gasteiger partial charge < -0.3 is 15.9 Å². The van der Waals surface area contributed by atoms with Crippen LogP contribution in [0, 0.1) is 0 Å². The Morgan fingerprint density at radius 2 is 1.93 bits per heavy atom. The van der Waals surface area contributed by atoms with Crippen molar-refractivity contribution in [2.75, 3.05) is 0 Å². The van der Waals surface area contributed by atoms with Crippen LogP contribution in [0.1, 0.15) is 12.0 Å². The summed E-state index contributed by atoms with van der Waals surface area (Å²) in [5.74, 6) is -1.04. The second-order valence-electron chi connectivity index (χ2n) is 3.52. The van der Waals surface area contributed by atoms with E-state index in [1.165, 1.54) is 0 Å². The van der Waals surface area contributed by atoms with E-state index < -0.39 is 18.1 Å². The van der Waals surface area contributed by atoms with Crippen LogP contribution in [0.15, 0.2) is 30.3 Å². The lowest BCUT2D eigenvalue weighted by Crippen LogP contribution is -2.38. The first-order chi connectivity index (χ1) is 7.09. The van der Waals surface area contributed by atoms with Gasteiger partial charge in [-0.1, -0.05) is 30.3 Å². The van der Waals surface area contributed by atoms with Crippen molar-refractivity contribution in [1.29, 1.82) is 0 Å². The molecule has 0 saturated carbocycles. The van der Waals surface area contributed by atoms with E-state index in [9.17, 15) is 9.90 Å². The molecule has 1 aromatic carbocycles. The molecule has 0 aliphatic rings.